The van der Waals surface area contributed by atoms with Crippen molar-refractivity contribution in [1.82, 2.24) is 24.1 Å². The SMILES string of the molecule is O=c1n(CCc2ccc(-c3cccnc3)cn2)nc2ccc(-c3ccc(OC(F)(F)F)cc3)cn12. The maximum atomic E-state index is 12.9. The van der Waals surface area contributed by atoms with Gasteiger partial charge < -0.3 is 4.74 Å². The van der Waals surface area contributed by atoms with Gasteiger partial charge in [-0.3, -0.25) is 9.97 Å². The molecule has 0 aliphatic carbocycles. The molecule has 4 heterocycles. The summed E-state index contributed by atoms with van der Waals surface area (Å²) in [4.78, 5) is 21.5. The Morgan fingerprint density at radius 1 is 0.857 bits per heavy atom. The third kappa shape index (κ3) is 5.06. The summed E-state index contributed by atoms with van der Waals surface area (Å²) in [6.07, 6.45) is 2.64. The van der Waals surface area contributed by atoms with E-state index in [2.05, 4.69) is 19.8 Å². The summed E-state index contributed by atoms with van der Waals surface area (Å²) in [5.41, 5.74) is 4.20. The second kappa shape index (κ2) is 9.05. The third-order valence-corrected chi connectivity index (χ3v) is 5.40. The van der Waals surface area contributed by atoms with Crippen molar-refractivity contribution in [3.05, 3.63) is 102 Å². The Balaban J connectivity index is 1.31. The van der Waals surface area contributed by atoms with E-state index in [-0.39, 0.29) is 11.4 Å². The number of nitrogens with zero attached hydrogens (tertiary/aromatic N) is 5. The predicted octanol–water partition coefficient (Wildman–Crippen LogP) is 4.76. The number of pyridine rings is 3. The van der Waals surface area contributed by atoms with Gasteiger partial charge in [-0.05, 0) is 47.5 Å². The molecular weight excluding hydrogens is 459 g/mol. The fourth-order valence-corrected chi connectivity index (χ4v) is 3.68. The van der Waals surface area contributed by atoms with Crippen LogP contribution < -0.4 is 10.4 Å². The second-order valence-electron chi connectivity index (χ2n) is 7.75. The van der Waals surface area contributed by atoms with E-state index >= 15 is 0 Å². The zero-order valence-corrected chi connectivity index (χ0v) is 18.2. The largest absolute Gasteiger partial charge is 0.573 e. The Hall–Kier alpha value is -4.47. The topological polar surface area (TPSA) is 74.3 Å². The van der Waals surface area contributed by atoms with E-state index in [0.29, 0.717) is 29.7 Å². The zero-order chi connectivity index (χ0) is 24.4. The van der Waals surface area contributed by atoms with Gasteiger partial charge in [-0.25, -0.2) is 13.9 Å². The molecule has 0 saturated heterocycles. The Morgan fingerprint density at radius 2 is 1.60 bits per heavy atom. The molecule has 0 radical (unpaired) electrons. The van der Waals surface area contributed by atoms with E-state index in [1.807, 2.05) is 24.3 Å². The predicted molar refractivity (Wildman–Crippen MR) is 123 cm³/mol. The van der Waals surface area contributed by atoms with Gasteiger partial charge in [-0.1, -0.05) is 24.3 Å². The van der Waals surface area contributed by atoms with Crippen LogP contribution in [0.3, 0.4) is 0 Å². The van der Waals surface area contributed by atoms with Gasteiger partial charge in [0.1, 0.15) is 5.75 Å². The van der Waals surface area contributed by atoms with Gasteiger partial charge >= 0.3 is 12.1 Å². The number of alkyl halides is 3. The van der Waals surface area contributed by atoms with Crippen molar-refractivity contribution in [2.75, 3.05) is 0 Å². The number of aryl methyl sites for hydroxylation is 2. The summed E-state index contributed by atoms with van der Waals surface area (Å²) in [6.45, 7) is 0.346. The minimum atomic E-state index is -4.75. The van der Waals surface area contributed by atoms with Gasteiger partial charge in [0.15, 0.2) is 5.65 Å². The van der Waals surface area contributed by atoms with E-state index in [9.17, 15) is 18.0 Å². The third-order valence-electron chi connectivity index (χ3n) is 5.40. The van der Waals surface area contributed by atoms with Crippen LogP contribution in [-0.4, -0.2) is 30.5 Å². The zero-order valence-electron chi connectivity index (χ0n) is 18.2. The van der Waals surface area contributed by atoms with Crippen molar-refractivity contribution in [3.63, 3.8) is 0 Å². The summed E-state index contributed by atoms with van der Waals surface area (Å²) in [7, 11) is 0. The number of ether oxygens (including phenoxy) is 1. The maximum absolute atomic E-state index is 12.9. The fourth-order valence-electron chi connectivity index (χ4n) is 3.68. The highest BCUT2D eigenvalue weighted by atomic mass is 19.4. The molecule has 4 aromatic heterocycles. The van der Waals surface area contributed by atoms with E-state index in [0.717, 1.165) is 16.8 Å². The number of fused-ring (bicyclic) bond motifs is 1. The Kier molecular flexibility index (Phi) is 5.77. The first kappa shape index (κ1) is 22.3. The van der Waals surface area contributed by atoms with Crippen molar-refractivity contribution in [2.24, 2.45) is 0 Å². The minimum Gasteiger partial charge on any atom is -0.406 e. The Labute approximate surface area is 197 Å². The molecule has 0 spiro atoms. The van der Waals surface area contributed by atoms with Crippen LogP contribution in [0.4, 0.5) is 13.2 Å². The molecule has 0 fully saturated rings. The quantitative estimate of drug-likeness (QED) is 0.353. The molecule has 176 valence electrons. The van der Waals surface area contributed by atoms with Crippen LogP contribution in [0.1, 0.15) is 5.69 Å². The van der Waals surface area contributed by atoms with Gasteiger partial charge in [-0.15, -0.1) is 18.3 Å². The van der Waals surface area contributed by atoms with E-state index in [4.69, 9.17) is 0 Å². The van der Waals surface area contributed by atoms with Crippen LogP contribution in [0.5, 0.6) is 5.75 Å². The smallest absolute Gasteiger partial charge is 0.406 e. The molecule has 5 aromatic rings. The molecule has 0 saturated carbocycles. The van der Waals surface area contributed by atoms with Crippen LogP contribution in [0.25, 0.3) is 27.9 Å². The molecule has 0 aliphatic rings. The molecule has 35 heavy (non-hydrogen) atoms. The average Bonchev–Trinajstić information content (AvgIpc) is 3.18. The van der Waals surface area contributed by atoms with Crippen LogP contribution in [-0.2, 0) is 13.0 Å². The summed E-state index contributed by atoms with van der Waals surface area (Å²) in [6, 6.07) is 16.6. The highest BCUT2D eigenvalue weighted by Gasteiger charge is 2.31. The molecule has 0 amide bonds. The number of aromatic nitrogens is 5. The summed E-state index contributed by atoms with van der Waals surface area (Å²) in [5.74, 6) is -0.311. The van der Waals surface area contributed by atoms with Gasteiger partial charge in [-0.2, -0.15) is 0 Å². The van der Waals surface area contributed by atoms with Gasteiger partial charge in [0.25, 0.3) is 0 Å². The van der Waals surface area contributed by atoms with Gasteiger partial charge in [0.2, 0.25) is 0 Å². The normalized spacial score (nSPS) is 11.6. The molecule has 10 heteroatoms. The average molecular weight is 477 g/mol. The monoisotopic (exact) mass is 477 g/mol. The first-order valence-electron chi connectivity index (χ1n) is 10.7. The van der Waals surface area contributed by atoms with Crippen molar-refractivity contribution < 1.29 is 17.9 Å². The van der Waals surface area contributed by atoms with Gasteiger partial charge in [0.05, 0.1) is 6.54 Å². The lowest BCUT2D eigenvalue weighted by Crippen LogP contribution is -2.22. The van der Waals surface area contributed by atoms with E-state index in [1.54, 1.807) is 36.9 Å². The minimum absolute atomic E-state index is 0.311. The molecule has 7 nitrogen and oxygen atoms in total. The number of benzene rings is 1. The van der Waals surface area contributed by atoms with Crippen LogP contribution >= 0.6 is 0 Å². The van der Waals surface area contributed by atoms with Crippen LogP contribution in [0.15, 0.2) is 90.2 Å². The number of rotatable bonds is 6. The van der Waals surface area contributed by atoms with Gasteiger partial charge in [0, 0.05) is 48.0 Å². The Bertz CT molecular complexity index is 1510. The number of halogens is 3. The van der Waals surface area contributed by atoms with E-state index in [1.165, 1.54) is 33.3 Å². The Morgan fingerprint density at radius 3 is 2.29 bits per heavy atom. The first-order valence-corrected chi connectivity index (χ1v) is 10.7. The lowest BCUT2D eigenvalue weighted by molar-refractivity contribution is -0.274. The van der Waals surface area contributed by atoms with Crippen molar-refractivity contribution >= 4 is 5.65 Å². The van der Waals surface area contributed by atoms with Crippen molar-refractivity contribution in [2.45, 2.75) is 19.3 Å². The highest BCUT2D eigenvalue weighted by Crippen LogP contribution is 2.26. The highest BCUT2D eigenvalue weighted by molar-refractivity contribution is 5.65. The molecule has 0 unspecified atom stereocenters. The lowest BCUT2D eigenvalue weighted by atomic mass is 10.1. The van der Waals surface area contributed by atoms with Crippen LogP contribution in [0.2, 0.25) is 0 Å². The fraction of sp³-hybridized carbons (Fsp3) is 0.120. The first-order chi connectivity index (χ1) is 16.9. The lowest BCUT2D eigenvalue weighted by Gasteiger charge is -2.09. The van der Waals surface area contributed by atoms with Crippen molar-refractivity contribution in [1.29, 1.82) is 0 Å². The molecule has 0 N–H and O–H groups in total. The second-order valence-corrected chi connectivity index (χ2v) is 7.75. The number of hydrogen-bond acceptors (Lipinski definition) is 5. The molecule has 0 atom stereocenters. The number of hydrogen-bond donors (Lipinski definition) is 0. The standard InChI is InChI=1S/C25H18F3N5O2/c26-25(27,28)35-22-8-4-17(5-9-22)20-6-10-23-31-33(24(34)32(23)16-20)13-11-21-7-3-19(15-30-21)18-2-1-12-29-14-18/h1-10,12,14-16H,11,13H2. The van der Waals surface area contributed by atoms with Crippen molar-refractivity contribution in [3.8, 4) is 28.0 Å². The van der Waals surface area contributed by atoms with Crippen LogP contribution in [0, 0.1) is 0 Å². The maximum Gasteiger partial charge on any atom is 0.573 e. The molecule has 1 aromatic carbocycles. The molecule has 0 aliphatic heterocycles. The summed E-state index contributed by atoms with van der Waals surface area (Å²) in [5, 5.41) is 4.37. The molecular formula is C25H18F3N5O2. The van der Waals surface area contributed by atoms with E-state index < -0.39 is 6.36 Å². The molecule has 0 bridgehead atoms. The summed E-state index contributed by atoms with van der Waals surface area (Å²) < 4.78 is 43.8. The molecule has 5 rings (SSSR count). The summed E-state index contributed by atoms with van der Waals surface area (Å²) >= 11 is 0.